The monoisotopic (exact) mass is 437 g/mol. The molecule has 0 heterocycles. The second-order valence-corrected chi connectivity index (χ2v) is 6.47. The maximum absolute atomic E-state index is 12.7. The summed E-state index contributed by atoms with van der Waals surface area (Å²) in [5.74, 6) is 1.92. The third-order valence-corrected chi connectivity index (χ3v) is 4.27. The van der Waals surface area contributed by atoms with Crippen LogP contribution >= 0.6 is 0 Å². The highest BCUT2D eigenvalue weighted by molar-refractivity contribution is 5.79. The highest BCUT2D eigenvalue weighted by atomic mass is 19.3. The number of guanidine groups is 1. The Hall–Kier alpha value is -3.07. The Bertz CT molecular complexity index is 834. The molecule has 7 nitrogen and oxygen atoms in total. The number of hydrogen-bond acceptors (Lipinski definition) is 5. The summed E-state index contributed by atoms with van der Waals surface area (Å²) in [6, 6.07) is 12.4. The summed E-state index contributed by atoms with van der Waals surface area (Å²) in [5.41, 5.74) is 1.53. The molecule has 0 amide bonds. The van der Waals surface area contributed by atoms with E-state index in [1.807, 2.05) is 24.3 Å². The van der Waals surface area contributed by atoms with Crippen LogP contribution in [-0.4, -0.2) is 47.1 Å². The van der Waals surface area contributed by atoms with Gasteiger partial charge in [0.15, 0.2) is 5.96 Å². The lowest BCUT2D eigenvalue weighted by Gasteiger charge is -2.16. The highest BCUT2D eigenvalue weighted by Gasteiger charge is 2.11. The number of methoxy groups -OCH3 is 2. The van der Waals surface area contributed by atoms with Crippen molar-refractivity contribution in [1.82, 2.24) is 10.6 Å². The third kappa shape index (κ3) is 8.67. The fourth-order valence-corrected chi connectivity index (χ4v) is 2.76. The molecule has 2 rings (SSSR count). The summed E-state index contributed by atoms with van der Waals surface area (Å²) >= 11 is 0. The number of alkyl halides is 2. The second-order valence-electron chi connectivity index (χ2n) is 6.47. The molecule has 0 aromatic heterocycles. The molecule has 0 aliphatic carbocycles. The number of benzene rings is 2. The van der Waals surface area contributed by atoms with Crippen LogP contribution in [0.25, 0.3) is 0 Å². The number of ether oxygens (including phenoxy) is 4. The quantitative estimate of drug-likeness (QED) is 0.300. The molecular formula is C22H29F2N3O4. The van der Waals surface area contributed by atoms with Gasteiger partial charge in [0.2, 0.25) is 0 Å². The molecule has 0 aliphatic heterocycles. The van der Waals surface area contributed by atoms with Crippen molar-refractivity contribution < 1.29 is 27.7 Å². The number of aliphatic imine (C=N–C) groups is 1. The van der Waals surface area contributed by atoms with Gasteiger partial charge in [-0.25, -0.2) is 0 Å². The van der Waals surface area contributed by atoms with Gasteiger partial charge in [-0.05, 0) is 35.9 Å². The van der Waals surface area contributed by atoms with Crippen LogP contribution in [0.3, 0.4) is 0 Å². The molecule has 0 unspecified atom stereocenters. The van der Waals surface area contributed by atoms with E-state index in [4.69, 9.17) is 14.2 Å². The predicted octanol–water partition coefficient (Wildman–Crippen LogP) is 3.58. The van der Waals surface area contributed by atoms with E-state index < -0.39 is 6.61 Å². The molecule has 0 spiro atoms. The summed E-state index contributed by atoms with van der Waals surface area (Å²) in [6.45, 7) is -0.943. The van der Waals surface area contributed by atoms with Gasteiger partial charge < -0.3 is 29.6 Å². The van der Waals surface area contributed by atoms with Gasteiger partial charge in [-0.3, -0.25) is 4.99 Å². The number of halogens is 2. The normalized spacial score (nSPS) is 11.4. The lowest BCUT2D eigenvalue weighted by Crippen LogP contribution is -2.36. The third-order valence-electron chi connectivity index (χ3n) is 4.27. The molecule has 0 radical (unpaired) electrons. The predicted molar refractivity (Wildman–Crippen MR) is 115 cm³/mol. The van der Waals surface area contributed by atoms with Crippen LogP contribution in [0.15, 0.2) is 47.5 Å². The highest BCUT2D eigenvalue weighted by Crippen LogP contribution is 2.25. The van der Waals surface area contributed by atoms with E-state index in [0.717, 1.165) is 17.7 Å². The summed E-state index contributed by atoms with van der Waals surface area (Å²) in [4.78, 5) is 4.17. The Morgan fingerprint density at radius 1 is 1.00 bits per heavy atom. The molecular weight excluding hydrogens is 408 g/mol. The van der Waals surface area contributed by atoms with Crippen molar-refractivity contribution >= 4 is 5.96 Å². The van der Waals surface area contributed by atoms with Crippen LogP contribution in [0, 0.1) is 0 Å². The molecule has 0 bridgehead atoms. The van der Waals surface area contributed by atoms with Crippen molar-refractivity contribution in [2.24, 2.45) is 4.99 Å². The maximum Gasteiger partial charge on any atom is 0.387 e. The van der Waals surface area contributed by atoms with E-state index in [1.165, 1.54) is 13.2 Å². The van der Waals surface area contributed by atoms with Crippen molar-refractivity contribution in [2.45, 2.75) is 26.1 Å². The van der Waals surface area contributed by atoms with E-state index in [2.05, 4.69) is 20.4 Å². The van der Waals surface area contributed by atoms with Gasteiger partial charge in [-0.2, -0.15) is 8.78 Å². The van der Waals surface area contributed by atoms with Crippen molar-refractivity contribution in [3.63, 3.8) is 0 Å². The summed E-state index contributed by atoms with van der Waals surface area (Å²) in [5, 5.41) is 6.29. The Morgan fingerprint density at radius 3 is 2.52 bits per heavy atom. The van der Waals surface area contributed by atoms with Crippen LogP contribution in [0.4, 0.5) is 8.78 Å². The zero-order chi connectivity index (χ0) is 22.5. The smallest absolute Gasteiger partial charge is 0.387 e. The van der Waals surface area contributed by atoms with Gasteiger partial charge in [0, 0.05) is 45.8 Å². The van der Waals surface area contributed by atoms with Crippen LogP contribution < -0.4 is 24.8 Å². The Morgan fingerprint density at radius 2 is 1.81 bits per heavy atom. The average Bonchev–Trinajstić information content (AvgIpc) is 2.77. The minimum absolute atomic E-state index is 0.0806. The van der Waals surface area contributed by atoms with Gasteiger partial charge in [0.25, 0.3) is 0 Å². The van der Waals surface area contributed by atoms with Crippen molar-refractivity contribution in [3.8, 4) is 17.2 Å². The lowest BCUT2D eigenvalue weighted by atomic mass is 10.2. The summed E-state index contributed by atoms with van der Waals surface area (Å²) in [7, 11) is 4.80. The average molecular weight is 437 g/mol. The summed E-state index contributed by atoms with van der Waals surface area (Å²) < 4.78 is 45.8. The first-order chi connectivity index (χ1) is 15.0. The van der Waals surface area contributed by atoms with E-state index >= 15 is 0 Å². The Kier molecular flexibility index (Phi) is 10.4. The van der Waals surface area contributed by atoms with E-state index in [9.17, 15) is 8.78 Å². The Balaban J connectivity index is 1.92. The first-order valence-corrected chi connectivity index (χ1v) is 9.82. The zero-order valence-electron chi connectivity index (χ0n) is 18.0. The van der Waals surface area contributed by atoms with E-state index in [1.54, 1.807) is 26.3 Å². The molecule has 0 atom stereocenters. The largest absolute Gasteiger partial charge is 0.497 e. The van der Waals surface area contributed by atoms with Gasteiger partial charge in [-0.1, -0.05) is 12.1 Å². The molecule has 0 saturated heterocycles. The van der Waals surface area contributed by atoms with Crippen molar-refractivity contribution in [3.05, 3.63) is 53.6 Å². The fourth-order valence-electron chi connectivity index (χ4n) is 2.76. The molecule has 0 fully saturated rings. The van der Waals surface area contributed by atoms with Gasteiger partial charge in [0.1, 0.15) is 17.2 Å². The van der Waals surface area contributed by atoms with Crippen LogP contribution in [0.2, 0.25) is 0 Å². The molecule has 2 aromatic carbocycles. The van der Waals surface area contributed by atoms with Gasteiger partial charge in [0.05, 0.1) is 13.7 Å². The molecule has 0 aliphatic rings. The number of nitrogens with zero attached hydrogens (tertiary/aromatic N) is 1. The number of nitrogens with one attached hydrogen (secondary N) is 2. The number of hydrogen-bond donors (Lipinski definition) is 2. The second kappa shape index (κ2) is 13.3. The van der Waals surface area contributed by atoms with Gasteiger partial charge >= 0.3 is 6.61 Å². The summed E-state index contributed by atoms with van der Waals surface area (Å²) in [6.07, 6.45) is 0.817. The first kappa shape index (κ1) is 24.2. The molecule has 0 saturated carbocycles. The van der Waals surface area contributed by atoms with E-state index in [0.29, 0.717) is 37.0 Å². The van der Waals surface area contributed by atoms with E-state index in [-0.39, 0.29) is 12.3 Å². The van der Waals surface area contributed by atoms with Crippen LogP contribution in [0.1, 0.15) is 17.5 Å². The lowest BCUT2D eigenvalue weighted by molar-refractivity contribution is -0.0505. The molecule has 170 valence electrons. The Labute approximate surface area is 181 Å². The SMILES string of the molecule is CN=C(NCc1cccc(OCCCOC)c1)NCc1cc(OC)ccc1OC(F)F. The van der Waals surface area contributed by atoms with Gasteiger partial charge in [-0.15, -0.1) is 0 Å². The first-order valence-electron chi connectivity index (χ1n) is 9.82. The van der Waals surface area contributed by atoms with Crippen molar-refractivity contribution in [1.29, 1.82) is 0 Å². The zero-order valence-corrected chi connectivity index (χ0v) is 18.0. The maximum atomic E-state index is 12.7. The number of rotatable bonds is 12. The topological polar surface area (TPSA) is 73.3 Å². The molecule has 31 heavy (non-hydrogen) atoms. The molecule has 2 aromatic rings. The minimum atomic E-state index is -2.91. The standard InChI is InChI=1S/C22H29F2N3O4/c1-25-22(26-14-16-6-4-7-19(12-16)30-11-5-10-28-2)27-15-17-13-18(29-3)8-9-20(17)31-21(23)24/h4,6-9,12-13,21H,5,10-11,14-15H2,1-3H3,(H2,25,26,27). The molecule has 9 heteroatoms. The van der Waals surface area contributed by atoms with Crippen molar-refractivity contribution in [2.75, 3.05) is 34.5 Å². The van der Waals surface area contributed by atoms with Crippen LogP contribution in [0.5, 0.6) is 17.2 Å². The van der Waals surface area contributed by atoms with Crippen LogP contribution in [-0.2, 0) is 17.8 Å². The minimum Gasteiger partial charge on any atom is -0.497 e. The fraction of sp³-hybridized carbons (Fsp3) is 0.409. The molecule has 2 N–H and O–H groups in total.